The van der Waals surface area contributed by atoms with Crippen LogP contribution >= 0.6 is 11.8 Å². The molecule has 0 spiro atoms. The number of carbonyl (C=O) groups excluding carboxylic acids is 1. The summed E-state index contributed by atoms with van der Waals surface area (Å²) in [4.78, 5) is 13.1. The number of hydrogen-bond acceptors (Lipinski definition) is 2. The van der Waals surface area contributed by atoms with E-state index in [-0.39, 0.29) is 17.2 Å². The zero-order valence-corrected chi connectivity index (χ0v) is 11.8. The molecule has 1 aromatic carbocycles. The Hall–Kier alpha value is -0.960. The molecule has 0 aromatic heterocycles. The number of thioether (sulfide) groups is 1. The molecule has 0 radical (unpaired) electrons. The van der Waals surface area contributed by atoms with Gasteiger partial charge in [-0.1, -0.05) is 32.0 Å². The molecule has 0 fully saturated rings. The van der Waals surface area contributed by atoms with Crippen LogP contribution in [0.25, 0.3) is 0 Å². The maximum Gasteiger partial charge on any atom is 0.233 e. The van der Waals surface area contributed by atoms with Crippen molar-refractivity contribution in [1.29, 1.82) is 0 Å². The lowest BCUT2D eigenvalue weighted by molar-refractivity contribution is -0.121. The molecule has 0 aliphatic rings. The molecule has 1 N–H and O–H groups in total. The van der Waals surface area contributed by atoms with Crippen LogP contribution in [-0.4, -0.2) is 17.2 Å². The van der Waals surface area contributed by atoms with Gasteiger partial charge in [-0.2, -0.15) is 0 Å². The van der Waals surface area contributed by atoms with Gasteiger partial charge >= 0.3 is 0 Å². The van der Waals surface area contributed by atoms with Crippen molar-refractivity contribution < 1.29 is 4.79 Å². The van der Waals surface area contributed by atoms with Crippen molar-refractivity contribution >= 4 is 17.7 Å². The molecule has 0 heterocycles. The monoisotopic (exact) mass is 251 g/mol. The molecule has 0 bridgehead atoms. The van der Waals surface area contributed by atoms with Crippen LogP contribution in [0.2, 0.25) is 0 Å². The summed E-state index contributed by atoms with van der Waals surface area (Å²) in [6.07, 6.45) is 0. The summed E-state index contributed by atoms with van der Waals surface area (Å²) < 4.78 is 0. The zero-order chi connectivity index (χ0) is 12.8. The minimum absolute atomic E-state index is 0.0569. The van der Waals surface area contributed by atoms with E-state index in [0.717, 1.165) is 4.90 Å². The Balaban J connectivity index is 2.48. The molecule has 17 heavy (non-hydrogen) atoms. The second kappa shape index (κ2) is 6.70. The first-order valence-corrected chi connectivity index (χ1v) is 6.90. The van der Waals surface area contributed by atoms with Gasteiger partial charge in [0.25, 0.3) is 0 Å². The topological polar surface area (TPSA) is 29.1 Å². The number of hydrogen-bond donors (Lipinski definition) is 1. The highest BCUT2D eigenvalue weighted by atomic mass is 32.2. The quantitative estimate of drug-likeness (QED) is 0.813. The Bertz CT molecular complexity index is 350. The van der Waals surface area contributed by atoms with Crippen molar-refractivity contribution in [2.45, 2.75) is 43.9 Å². The van der Waals surface area contributed by atoms with E-state index in [1.807, 2.05) is 44.2 Å². The van der Waals surface area contributed by atoms with Crippen molar-refractivity contribution in [2.75, 3.05) is 0 Å². The number of benzene rings is 1. The molecule has 1 amide bonds. The third kappa shape index (κ3) is 4.82. The van der Waals surface area contributed by atoms with Gasteiger partial charge < -0.3 is 5.32 Å². The van der Waals surface area contributed by atoms with Crippen LogP contribution in [0.3, 0.4) is 0 Å². The van der Waals surface area contributed by atoms with Crippen LogP contribution in [0.5, 0.6) is 0 Å². The molecular formula is C14H21NOS. The fourth-order valence-corrected chi connectivity index (χ4v) is 2.16. The SMILES string of the molecule is CC(C)[C@H](C)NC(=O)[C@@H](C)Sc1ccccc1. The average molecular weight is 251 g/mol. The Morgan fingerprint density at radius 2 is 1.71 bits per heavy atom. The molecule has 0 aliphatic heterocycles. The lowest BCUT2D eigenvalue weighted by atomic mass is 10.1. The summed E-state index contributed by atoms with van der Waals surface area (Å²) in [5.74, 6) is 0.577. The van der Waals surface area contributed by atoms with Gasteiger partial charge in [0.2, 0.25) is 5.91 Å². The number of amides is 1. The first-order chi connectivity index (χ1) is 8.00. The maximum atomic E-state index is 11.9. The summed E-state index contributed by atoms with van der Waals surface area (Å²) in [6, 6.07) is 10.2. The normalized spacial score (nSPS) is 14.4. The molecule has 2 atom stereocenters. The van der Waals surface area contributed by atoms with Gasteiger partial charge in [-0.3, -0.25) is 4.79 Å². The predicted molar refractivity (Wildman–Crippen MR) is 74.2 cm³/mol. The van der Waals surface area contributed by atoms with E-state index in [4.69, 9.17) is 0 Å². The molecular weight excluding hydrogens is 230 g/mol. The number of rotatable bonds is 5. The minimum Gasteiger partial charge on any atom is -0.352 e. The summed E-state index contributed by atoms with van der Waals surface area (Å²) in [5.41, 5.74) is 0. The largest absolute Gasteiger partial charge is 0.352 e. The van der Waals surface area contributed by atoms with Gasteiger partial charge in [-0.25, -0.2) is 0 Å². The van der Waals surface area contributed by atoms with E-state index in [1.165, 1.54) is 0 Å². The Morgan fingerprint density at radius 1 is 1.12 bits per heavy atom. The van der Waals surface area contributed by atoms with E-state index in [1.54, 1.807) is 11.8 Å². The summed E-state index contributed by atoms with van der Waals surface area (Å²) in [5, 5.41) is 2.98. The summed E-state index contributed by atoms with van der Waals surface area (Å²) in [6.45, 7) is 8.21. The predicted octanol–water partition coefficient (Wildman–Crippen LogP) is 3.33. The van der Waals surface area contributed by atoms with Crippen LogP contribution in [0, 0.1) is 5.92 Å². The van der Waals surface area contributed by atoms with Crippen molar-refractivity contribution in [3.05, 3.63) is 30.3 Å². The van der Waals surface area contributed by atoms with Crippen molar-refractivity contribution in [1.82, 2.24) is 5.32 Å². The van der Waals surface area contributed by atoms with Crippen LogP contribution < -0.4 is 5.32 Å². The van der Waals surface area contributed by atoms with E-state index >= 15 is 0 Å². The summed E-state index contributed by atoms with van der Waals surface area (Å²) in [7, 11) is 0. The lowest BCUT2D eigenvalue weighted by Crippen LogP contribution is -2.40. The van der Waals surface area contributed by atoms with E-state index in [0.29, 0.717) is 5.92 Å². The molecule has 94 valence electrons. The number of carbonyl (C=O) groups is 1. The maximum absolute atomic E-state index is 11.9. The Morgan fingerprint density at radius 3 is 2.24 bits per heavy atom. The van der Waals surface area contributed by atoms with Crippen molar-refractivity contribution in [2.24, 2.45) is 5.92 Å². The first-order valence-electron chi connectivity index (χ1n) is 6.02. The van der Waals surface area contributed by atoms with E-state index < -0.39 is 0 Å². The molecule has 3 heteroatoms. The Kier molecular flexibility index (Phi) is 5.56. The summed E-state index contributed by atoms with van der Waals surface area (Å²) >= 11 is 1.59. The van der Waals surface area contributed by atoms with Gasteiger partial charge in [0, 0.05) is 10.9 Å². The van der Waals surface area contributed by atoms with E-state index in [2.05, 4.69) is 19.2 Å². The van der Waals surface area contributed by atoms with Gasteiger partial charge in [-0.05, 0) is 31.9 Å². The van der Waals surface area contributed by atoms with Gasteiger partial charge in [0.15, 0.2) is 0 Å². The first kappa shape index (κ1) is 14.1. The highest BCUT2D eigenvalue weighted by Crippen LogP contribution is 2.22. The van der Waals surface area contributed by atoms with Gasteiger partial charge in [0.1, 0.15) is 0 Å². The highest BCUT2D eigenvalue weighted by molar-refractivity contribution is 8.00. The van der Waals surface area contributed by atoms with Gasteiger partial charge in [0.05, 0.1) is 5.25 Å². The van der Waals surface area contributed by atoms with Gasteiger partial charge in [-0.15, -0.1) is 11.8 Å². The molecule has 0 saturated heterocycles. The lowest BCUT2D eigenvalue weighted by Gasteiger charge is -2.20. The van der Waals surface area contributed by atoms with Crippen LogP contribution in [0.1, 0.15) is 27.7 Å². The fraction of sp³-hybridized carbons (Fsp3) is 0.500. The van der Waals surface area contributed by atoms with Crippen LogP contribution in [-0.2, 0) is 4.79 Å². The second-order valence-electron chi connectivity index (χ2n) is 4.61. The van der Waals surface area contributed by atoms with Crippen molar-refractivity contribution in [3.63, 3.8) is 0 Å². The minimum atomic E-state index is -0.0569. The molecule has 0 aliphatic carbocycles. The Labute approximate surface area is 108 Å². The van der Waals surface area contributed by atoms with Crippen LogP contribution in [0.15, 0.2) is 35.2 Å². The van der Waals surface area contributed by atoms with Crippen molar-refractivity contribution in [3.8, 4) is 0 Å². The molecule has 1 aromatic rings. The highest BCUT2D eigenvalue weighted by Gasteiger charge is 2.17. The smallest absolute Gasteiger partial charge is 0.233 e. The average Bonchev–Trinajstić information content (AvgIpc) is 2.29. The standard InChI is InChI=1S/C14H21NOS/c1-10(2)11(3)15-14(16)12(4)17-13-8-6-5-7-9-13/h5-12H,1-4H3,(H,15,16)/t11-,12+/m0/s1. The zero-order valence-electron chi connectivity index (χ0n) is 10.9. The molecule has 0 saturated carbocycles. The molecule has 2 nitrogen and oxygen atoms in total. The molecule has 1 rings (SSSR count). The third-order valence-corrected chi connectivity index (χ3v) is 3.91. The van der Waals surface area contributed by atoms with E-state index in [9.17, 15) is 4.79 Å². The van der Waals surface area contributed by atoms with Crippen LogP contribution in [0.4, 0.5) is 0 Å². The fourth-order valence-electron chi connectivity index (χ4n) is 1.27. The second-order valence-corrected chi connectivity index (χ2v) is 6.03. The number of nitrogens with one attached hydrogen (secondary N) is 1. The molecule has 0 unspecified atom stereocenters. The third-order valence-electron chi connectivity index (χ3n) is 2.80.